The lowest BCUT2D eigenvalue weighted by Crippen LogP contribution is -2.11. The lowest BCUT2D eigenvalue weighted by atomic mass is 10.1. The maximum atomic E-state index is 12.5. The van der Waals surface area contributed by atoms with Crippen LogP contribution in [0.4, 0.5) is 0 Å². The minimum atomic E-state index is -0.252. The SMILES string of the molecule is COC(=O)[C@@H]1CCn2c(C(=O)c3ccccc3)ccc21. The molecule has 0 fully saturated rings. The van der Waals surface area contributed by atoms with Gasteiger partial charge in [-0.1, -0.05) is 30.3 Å². The highest BCUT2D eigenvalue weighted by atomic mass is 16.5. The molecule has 102 valence electrons. The number of nitrogens with zero attached hydrogens (tertiary/aromatic N) is 1. The number of methoxy groups -OCH3 is 1. The van der Waals surface area contributed by atoms with E-state index in [4.69, 9.17) is 4.74 Å². The number of esters is 1. The molecule has 0 saturated carbocycles. The van der Waals surface area contributed by atoms with Gasteiger partial charge in [-0.25, -0.2) is 0 Å². The van der Waals surface area contributed by atoms with Gasteiger partial charge in [0.25, 0.3) is 0 Å². The monoisotopic (exact) mass is 269 g/mol. The predicted octanol–water partition coefficient (Wildman–Crippen LogP) is 2.38. The van der Waals surface area contributed by atoms with E-state index in [0.29, 0.717) is 24.2 Å². The Morgan fingerprint density at radius 1 is 1.15 bits per heavy atom. The largest absolute Gasteiger partial charge is 0.469 e. The molecule has 0 N–H and O–H groups in total. The molecule has 4 heteroatoms. The fraction of sp³-hybridized carbons (Fsp3) is 0.250. The molecule has 4 nitrogen and oxygen atoms in total. The van der Waals surface area contributed by atoms with Gasteiger partial charge in [-0.3, -0.25) is 9.59 Å². The quantitative estimate of drug-likeness (QED) is 0.635. The first-order valence-corrected chi connectivity index (χ1v) is 6.59. The topological polar surface area (TPSA) is 48.3 Å². The molecule has 0 amide bonds. The highest BCUT2D eigenvalue weighted by Crippen LogP contribution is 2.32. The van der Waals surface area contributed by atoms with E-state index in [2.05, 4.69) is 0 Å². The number of fused-ring (bicyclic) bond motifs is 1. The number of rotatable bonds is 3. The van der Waals surface area contributed by atoms with Gasteiger partial charge in [0.05, 0.1) is 18.7 Å². The van der Waals surface area contributed by atoms with Crippen molar-refractivity contribution in [1.82, 2.24) is 4.57 Å². The van der Waals surface area contributed by atoms with Gasteiger partial charge in [-0.15, -0.1) is 0 Å². The van der Waals surface area contributed by atoms with Crippen LogP contribution in [0.25, 0.3) is 0 Å². The highest BCUT2D eigenvalue weighted by Gasteiger charge is 2.32. The summed E-state index contributed by atoms with van der Waals surface area (Å²) in [7, 11) is 1.39. The molecule has 0 radical (unpaired) electrons. The fourth-order valence-electron chi connectivity index (χ4n) is 2.76. The van der Waals surface area contributed by atoms with E-state index >= 15 is 0 Å². The predicted molar refractivity (Wildman–Crippen MR) is 73.7 cm³/mol. The zero-order chi connectivity index (χ0) is 14.1. The Morgan fingerprint density at radius 3 is 2.60 bits per heavy atom. The molecule has 0 bridgehead atoms. The second-order valence-corrected chi connectivity index (χ2v) is 4.85. The molecular weight excluding hydrogens is 254 g/mol. The molecule has 1 aromatic heterocycles. The molecule has 0 aliphatic carbocycles. The molecular formula is C16H15NO3. The maximum absolute atomic E-state index is 12.5. The number of aromatic nitrogens is 1. The van der Waals surface area contributed by atoms with Crippen molar-refractivity contribution in [2.24, 2.45) is 0 Å². The molecule has 1 aromatic carbocycles. The molecule has 2 heterocycles. The number of carbonyl (C=O) groups is 2. The number of hydrogen-bond donors (Lipinski definition) is 0. The smallest absolute Gasteiger partial charge is 0.314 e. The minimum absolute atomic E-state index is 0.0117. The molecule has 1 aliphatic heterocycles. The van der Waals surface area contributed by atoms with Crippen molar-refractivity contribution in [2.45, 2.75) is 18.9 Å². The van der Waals surface area contributed by atoms with Crippen LogP contribution in [0.15, 0.2) is 42.5 Å². The van der Waals surface area contributed by atoms with Gasteiger partial charge in [0, 0.05) is 17.8 Å². The molecule has 0 saturated heterocycles. The van der Waals surface area contributed by atoms with Gasteiger partial charge in [0.1, 0.15) is 0 Å². The summed E-state index contributed by atoms with van der Waals surface area (Å²) in [5, 5.41) is 0. The zero-order valence-corrected chi connectivity index (χ0v) is 11.2. The van der Waals surface area contributed by atoms with Crippen molar-refractivity contribution in [3.05, 3.63) is 59.4 Å². The molecule has 0 unspecified atom stereocenters. The summed E-state index contributed by atoms with van der Waals surface area (Å²) in [5.41, 5.74) is 2.17. The minimum Gasteiger partial charge on any atom is -0.469 e. The van der Waals surface area contributed by atoms with Crippen molar-refractivity contribution in [2.75, 3.05) is 7.11 Å². The van der Waals surface area contributed by atoms with Crippen molar-refractivity contribution >= 4 is 11.8 Å². The van der Waals surface area contributed by atoms with Crippen LogP contribution in [0.3, 0.4) is 0 Å². The van der Waals surface area contributed by atoms with Crippen LogP contribution in [-0.4, -0.2) is 23.4 Å². The maximum Gasteiger partial charge on any atom is 0.314 e. The number of carbonyl (C=O) groups excluding carboxylic acids is 2. The second kappa shape index (κ2) is 4.96. The van der Waals surface area contributed by atoms with E-state index in [1.807, 2.05) is 28.8 Å². The number of ether oxygens (including phenoxy) is 1. The highest BCUT2D eigenvalue weighted by molar-refractivity contribution is 6.08. The molecule has 3 rings (SSSR count). The first-order chi connectivity index (χ1) is 9.72. The van der Waals surface area contributed by atoms with Gasteiger partial charge >= 0.3 is 5.97 Å². The van der Waals surface area contributed by atoms with E-state index in [-0.39, 0.29) is 17.7 Å². The number of benzene rings is 1. The van der Waals surface area contributed by atoms with E-state index in [1.54, 1.807) is 18.2 Å². The molecule has 1 aliphatic rings. The lowest BCUT2D eigenvalue weighted by Gasteiger charge is -2.06. The third-order valence-electron chi connectivity index (χ3n) is 3.77. The van der Waals surface area contributed by atoms with Crippen LogP contribution in [0, 0.1) is 0 Å². The number of hydrogen-bond acceptors (Lipinski definition) is 3. The van der Waals surface area contributed by atoms with Gasteiger partial charge < -0.3 is 9.30 Å². The molecule has 1 atom stereocenters. The summed E-state index contributed by atoms with van der Waals surface area (Å²) >= 11 is 0. The Morgan fingerprint density at radius 2 is 1.90 bits per heavy atom. The van der Waals surface area contributed by atoms with E-state index in [0.717, 1.165) is 5.69 Å². The van der Waals surface area contributed by atoms with Crippen LogP contribution >= 0.6 is 0 Å². The summed E-state index contributed by atoms with van der Waals surface area (Å²) in [5.74, 6) is -0.500. The summed E-state index contributed by atoms with van der Waals surface area (Å²) in [6.45, 7) is 0.677. The van der Waals surface area contributed by atoms with Crippen LogP contribution < -0.4 is 0 Å². The normalized spacial score (nSPS) is 16.8. The Hall–Kier alpha value is -2.36. The van der Waals surface area contributed by atoms with Crippen LogP contribution in [0.1, 0.15) is 34.1 Å². The zero-order valence-electron chi connectivity index (χ0n) is 11.2. The first kappa shape index (κ1) is 12.7. The molecule has 0 spiro atoms. The van der Waals surface area contributed by atoms with Crippen molar-refractivity contribution in [3.8, 4) is 0 Å². The first-order valence-electron chi connectivity index (χ1n) is 6.59. The average Bonchev–Trinajstić information content (AvgIpc) is 3.08. The molecule has 2 aromatic rings. The number of ketones is 1. The van der Waals surface area contributed by atoms with Crippen LogP contribution in [0.5, 0.6) is 0 Å². The third-order valence-corrected chi connectivity index (χ3v) is 3.77. The molecule has 20 heavy (non-hydrogen) atoms. The average molecular weight is 269 g/mol. The summed E-state index contributed by atoms with van der Waals surface area (Å²) in [6.07, 6.45) is 0.692. The second-order valence-electron chi connectivity index (χ2n) is 4.85. The lowest BCUT2D eigenvalue weighted by molar-refractivity contribution is -0.142. The van der Waals surface area contributed by atoms with E-state index < -0.39 is 0 Å². The van der Waals surface area contributed by atoms with Crippen molar-refractivity contribution < 1.29 is 14.3 Å². The Balaban J connectivity index is 1.95. The van der Waals surface area contributed by atoms with Gasteiger partial charge in [0.2, 0.25) is 5.78 Å². The standard InChI is InChI=1S/C16H15NO3/c1-20-16(19)12-9-10-17-13(12)7-8-14(17)15(18)11-5-3-2-4-6-11/h2-8,12H,9-10H2,1H3/t12-/m1/s1. The van der Waals surface area contributed by atoms with Gasteiger partial charge in [-0.2, -0.15) is 0 Å². The Labute approximate surface area is 117 Å². The van der Waals surface area contributed by atoms with Crippen molar-refractivity contribution in [1.29, 1.82) is 0 Å². The Bertz CT molecular complexity index is 658. The fourth-order valence-corrected chi connectivity index (χ4v) is 2.76. The van der Waals surface area contributed by atoms with E-state index in [9.17, 15) is 9.59 Å². The summed E-state index contributed by atoms with van der Waals surface area (Å²) < 4.78 is 6.74. The van der Waals surface area contributed by atoms with Crippen LogP contribution in [-0.2, 0) is 16.1 Å². The van der Waals surface area contributed by atoms with Gasteiger partial charge in [0.15, 0.2) is 0 Å². The summed E-state index contributed by atoms with van der Waals surface area (Å²) in [6, 6.07) is 12.8. The Kier molecular flexibility index (Phi) is 3.14. The van der Waals surface area contributed by atoms with Gasteiger partial charge in [-0.05, 0) is 18.6 Å². The van der Waals surface area contributed by atoms with E-state index in [1.165, 1.54) is 7.11 Å². The summed E-state index contributed by atoms with van der Waals surface area (Å²) in [4.78, 5) is 24.2. The third kappa shape index (κ3) is 1.93. The van der Waals surface area contributed by atoms with Crippen LogP contribution in [0.2, 0.25) is 0 Å². The van der Waals surface area contributed by atoms with Crippen molar-refractivity contribution in [3.63, 3.8) is 0 Å².